The third-order valence-electron chi connectivity index (χ3n) is 11.5. The zero-order valence-corrected chi connectivity index (χ0v) is 37.5. The number of benzene rings is 2. The number of nitrogens with one attached hydrogen (secondary N) is 4. The first-order valence-corrected chi connectivity index (χ1v) is 21.0. The SMILES string of the molecule is C=C(/C=c1/ccc(-c2ccc(-c3cnc(C4COC(C)(C)N4C(=O)C(NC(=O)OC)C(C)C)[nH]3)cc2)cc1=C)C(=C)NC(=NC)C1CCCCC1C(=O)N(NC(=O)OC)C(C)C. The number of carbonyl (C=O) groups is 4. The van der Waals surface area contributed by atoms with Crippen LogP contribution in [0, 0.1) is 17.8 Å². The fraction of sp³-hybridized carbons (Fsp3) is 0.447. The number of aromatic nitrogens is 2. The first-order chi connectivity index (χ1) is 29.4. The molecule has 2 aromatic carbocycles. The number of hydrazine groups is 1. The van der Waals surface area contributed by atoms with E-state index >= 15 is 0 Å². The van der Waals surface area contributed by atoms with Gasteiger partial charge >= 0.3 is 12.2 Å². The number of hydrogen-bond donors (Lipinski definition) is 4. The highest BCUT2D eigenvalue weighted by Gasteiger charge is 2.48. The zero-order valence-electron chi connectivity index (χ0n) is 37.5. The number of nitrogens with zero attached hydrogens (tertiary/aromatic N) is 4. The standard InChI is InChI=1S/C47H62N8O7/c1-27(2)40(52-45(58)60-11)44(57)54-39(26-62-47(54,8)9)42-49-25-38(51-42)33-19-17-32(18-20-33)35-22-21-34(30(6)24-35)23-29(5)31(7)50-41(48-10)36-15-13-14-16-37(36)43(56)55(28(3)4)53-46(59)61-12/h17-25,27-28,36-37,39-40H,5-7,13-16,26H2,1-4,8-12H3,(H,48,50)(H,49,51)(H,52,58)(H,53,59)/b34-23-. The van der Waals surface area contributed by atoms with E-state index in [2.05, 4.69) is 50.8 Å². The Morgan fingerprint density at radius 3 is 2.19 bits per heavy atom. The number of amides is 4. The van der Waals surface area contributed by atoms with E-state index in [9.17, 15) is 19.2 Å². The number of methoxy groups -OCH3 is 2. The molecule has 5 rings (SSSR count). The molecular weight excluding hydrogens is 789 g/mol. The van der Waals surface area contributed by atoms with Crippen molar-refractivity contribution in [2.24, 2.45) is 22.7 Å². The number of allylic oxidation sites excluding steroid dienone is 1. The van der Waals surface area contributed by atoms with Gasteiger partial charge in [0.15, 0.2) is 0 Å². The van der Waals surface area contributed by atoms with Crippen molar-refractivity contribution < 1.29 is 33.4 Å². The topological polar surface area (TPSA) is 180 Å². The number of imidazole rings is 1. The second-order valence-corrected chi connectivity index (χ2v) is 16.8. The summed E-state index contributed by atoms with van der Waals surface area (Å²) in [7, 11) is 4.22. The molecule has 62 heavy (non-hydrogen) atoms. The van der Waals surface area contributed by atoms with Gasteiger partial charge in [0.1, 0.15) is 29.5 Å². The van der Waals surface area contributed by atoms with E-state index in [-0.39, 0.29) is 36.3 Å². The first-order valence-electron chi connectivity index (χ1n) is 21.0. The van der Waals surface area contributed by atoms with E-state index in [0.29, 0.717) is 29.4 Å². The fourth-order valence-electron chi connectivity index (χ4n) is 8.03. The van der Waals surface area contributed by atoms with Gasteiger partial charge in [0.25, 0.3) is 0 Å². The normalized spacial score (nSPS) is 19.5. The Hall–Kier alpha value is -6.22. The van der Waals surface area contributed by atoms with Crippen LogP contribution in [0.4, 0.5) is 9.59 Å². The van der Waals surface area contributed by atoms with Crippen LogP contribution in [0.3, 0.4) is 0 Å². The minimum absolute atomic E-state index is 0.186. The predicted molar refractivity (Wildman–Crippen MR) is 240 cm³/mol. The van der Waals surface area contributed by atoms with Crippen molar-refractivity contribution in [2.45, 2.75) is 91.1 Å². The molecule has 1 saturated carbocycles. The van der Waals surface area contributed by atoms with E-state index in [4.69, 9.17) is 14.2 Å². The molecule has 4 unspecified atom stereocenters. The summed E-state index contributed by atoms with van der Waals surface area (Å²) in [5, 5.41) is 9.05. The number of aromatic amines is 1. The van der Waals surface area contributed by atoms with Gasteiger partial charge in [-0.2, -0.15) is 0 Å². The van der Waals surface area contributed by atoms with Gasteiger partial charge in [-0.25, -0.2) is 25.0 Å². The summed E-state index contributed by atoms with van der Waals surface area (Å²) in [5.74, 6) is -0.0493. The summed E-state index contributed by atoms with van der Waals surface area (Å²) in [6, 6.07) is 12.5. The lowest BCUT2D eigenvalue weighted by atomic mass is 9.77. The monoisotopic (exact) mass is 850 g/mol. The highest BCUT2D eigenvalue weighted by Crippen LogP contribution is 2.38. The van der Waals surface area contributed by atoms with Gasteiger partial charge in [-0.15, -0.1) is 0 Å². The Morgan fingerprint density at radius 2 is 1.60 bits per heavy atom. The van der Waals surface area contributed by atoms with Crippen molar-refractivity contribution in [1.82, 2.24) is 35.9 Å². The van der Waals surface area contributed by atoms with Crippen LogP contribution >= 0.6 is 0 Å². The van der Waals surface area contributed by atoms with E-state index < -0.39 is 35.9 Å². The Balaban J connectivity index is 1.27. The molecule has 4 amide bonds. The van der Waals surface area contributed by atoms with Crippen molar-refractivity contribution in [3.8, 4) is 22.4 Å². The molecule has 1 aliphatic heterocycles. The zero-order chi connectivity index (χ0) is 45.5. The predicted octanol–water partition coefficient (Wildman–Crippen LogP) is 5.95. The summed E-state index contributed by atoms with van der Waals surface area (Å²) >= 11 is 0. The Bertz CT molecular complexity index is 2300. The van der Waals surface area contributed by atoms with Crippen molar-refractivity contribution in [3.05, 3.63) is 89.4 Å². The summed E-state index contributed by atoms with van der Waals surface area (Å²) in [6.45, 7) is 24.1. The van der Waals surface area contributed by atoms with Crippen molar-refractivity contribution in [1.29, 1.82) is 0 Å². The quantitative estimate of drug-likeness (QED) is 0.0742. The number of carbonyl (C=O) groups excluding carboxylic acids is 4. The molecule has 2 aliphatic rings. The maximum atomic E-state index is 13.9. The van der Waals surface area contributed by atoms with Gasteiger partial charge in [-0.05, 0) is 91.3 Å². The van der Waals surface area contributed by atoms with Crippen LogP contribution in [0.25, 0.3) is 35.0 Å². The molecule has 15 nitrogen and oxygen atoms in total. The summed E-state index contributed by atoms with van der Waals surface area (Å²) < 4.78 is 15.6. The third kappa shape index (κ3) is 10.6. The average molecular weight is 851 g/mol. The van der Waals surface area contributed by atoms with Gasteiger partial charge in [0.05, 0.1) is 32.7 Å². The van der Waals surface area contributed by atoms with Crippen LogP contribution in [0.2, 0.25) is 0 Å². The smallest absolute Gasteiger partial charge is 0.425 e. The number of H-pyrrole nitrogens is 1. The van der Waals surface area contributed by atoms with Crippen LogP contribution < -0.4 is 26.5 Å². The first kappa shape index (κ1) is 46.8. The Labute approximate surface area is 364 Å². The number of amidine groups is 1. The highest BCUT2D eigenvalue weighted by molar-refractivity contribution is 5.93. The molecule has 1 aliphatic carbocycles. The van der Waals surface area contributed by atoms with Crippen LogP contribution in [0.1, 0.15) is 79.1 Å². The third-order valence-corrected chi connectivity index (χ3v) is 11.5. The number of alkyl carbamates (subject to hydrolysis) is 1. The van der Waals surface area contributed by atoms with Gasteiger partial charge in [-0.1, -0.05) is 82.8 Å². The largest absolute Gasteiger partial charge is 0.453 e. The molecule has 332 valence electrons. The van der Waals surface area contributed by atoms with Gasteiger partial charge in [0.2, 0.25) is 11.8 Å². The molecule has 1 saturated heterocycles. The van der Waals surface area contributed by atoms with Crippen molar-refractivity contribution in [2.75, 3.05) is 27.9 Å². The van der Waals surface area contributed by atoms with Gasteiger partial charge in [0, 0.05) is 30.6 Å². The molecule has 0 spiro atoms. The van der Waals surface area contributed by atoms with E-state index in [1.165, 1.54) is 19.2 Å². The minimum atomic E-state index is -0.932. The lowest BCUT2D eigenvalue weighted by Gasteiger charge is -2.36. The molecule has 4 atom stereocenters. The van der Waals surface area contributed by atoms with E-state index in [0.717, 1.165) is 52.1 Å². The summed E-state index contributed by atoms with van der Waals surface area (Å²) in [6.07, 6.45) is 5.54. The van der Waals surface area contributed by atoms with Crippen molar-refractivity contribution in [3.63, 3.8) is 0 Å². The molecule has 2 fully saturated rings. The number of hydrogen-bond acceptors (Lipinski definition) is 9. The average Bonchev–Trinajstić information content (AvgIpc) is 3.87. The van der Waals surface area contributed by atoms with Crippen LogP contribution in [0.15, 0.2) is 78.1 Å². The van der Waals surface area contributed by atoms with Crippen LogP contribution in [0.5, 0.6) is 0 Å². The molecular formula is C47H62N8O7. The maximum absolute atomic E-state index is 13.9. The fourth-order valence-corrected chi connectivity index (χ4v) is 8.03. The number of ether oxygens (including phenoxy) is 3. The second kappa shape index (κ2) is 20.1. The summed E-state index contributed by atoms with van der Waals surface area (Å²) in [4.78, 5) is 66.1. The summed E-state index contributed by atoms with van der Waals surface area (Å²) in [5.41, 5.74) is 6.50. The maximum Gasteiger partial charge on any atom is 0.425 e. The molecule has 15 heteroatoms. The lowest BCUT2D eigenvalue weighted by Crippen LogP contribution is -2.56. The van der Waals surface area contributed by atoms with Gasteiger partial charge in [-0.3, -0.25) is 14.6 Å². The van der Waals surface area contributed by atoms with Crippen LogP contribution in [-0.4, -0.2) is 95.4 Å². The molecule has 4 N–H and O–H groups in total. The van der Waals surface area contributed by atoms with E-state index in [1.807, 2.05) is 90.1 Å². The second-order valence-electron chi connectivity index (χ2n) is 16.8. The van der Waals surface area contributed by atoms with Crippen LogP contribution in [-0.2, 0) is 23.8 Å². The number of rotatable bonds is 12. The highest BCUT2D eigenvalue weighted by atomic mass is 16.5. The molecule has 1 aromatic heterocycles. The van der Waals surface area contributed by atoms with Gasteiger partial charge < -0.3 is 34.7 Å². The molecule has 0 radical (unpaired) electrons. The molecule has 2 heterocycles. The molecule has 3 aromatic rings. The minimum Gasteiger partial charge on any atom is -0.453 e. The molecule has 0 bridgehead atoms. The Kier molecular flexibility index (Phi) is 15.2. The lowest BCUT2D eigenvalue weighted by molar-refractivity contribution is -0.149. The van der Waals surface area contributed by atoms with E-state index in [1.54, 1.807) is 18.1 Å². The van der Waals surface area contributed by atoms with Crippen molar-refractivity contribution >= 4 is 42.5 Å². The number of aliphatic imine (C=N–C) groups is 1. The Morgan fingerprint density at radius 1 is 0.968 bits per heavy atom.